The van der Waals surface area contributed by atoms with Gasteiger partial charge in [0, 0.05) is 81.1 Å². The first kappa shape index (κ1) is 50.0. The molecule has 0 bridgehead atoms. The number of fused-ring (bicyclic) bond motifs is 2. The van der Waals surface area contributed by atoms with Crippen molar-refractivity contribution in [2.24, 2.45) is 16.0 Å². The average molecular weight is 893 g/mol. The zero-order valence-corrected chi connectivity index (χ0v) is 35.6. The van der Waals surface area contributed by atoms with Gasteiger partial charge in [0.05, 0.1) is 22.6 Å². The number of anilines is 2. The van der Waals surface area contributed by atoms with E-state index in [2.05, 4.69) is 5.32 Å². The zero-order valence-electron chi connectivity index (χ0n) is 34.0. The number of benzene rings is 4. The Morgan fingerprint density at radius 2 is 1.03 bits per heavy atom. The first-order valence-electron chi connectivity index (χ1n) is 18.5. The number of rotatable bonds is 13. The van der Waals surface area contributed by atoms with Gasteiger partial charge in [0.25, 0.3) is 0 Å². The molecular weight excluding hydrogens is 841 g/mol. The molecule has 2 aromatic heterocycles. The van der Waals surface area contributed by atoms with Gasteiger partial charge in [-0.25, -0.2) is 36.7 Å². The highest BCUT2D eigenvalue weighted by molar-refractivity contribution is 7.89. The van der Waals surface area contributed by atoms with Crippen LogP contribution in [0.4, 0.5) is 11.4 Å². The second-order valence-electron chi connectivity index (χ2n) is 14.1. The molecule has 0 radical (unpaired) electrons. The van der Waals surface area contributed by atoms with Gasteiger partial charge >= 0.3 is 17.2 Å². The minimum atomic E-state index is -3.72. The third-order valence-electron chi connectivity index (χ3n) is 9.03. The van der Waals surface area contributed by atoms with E-state index < -0.39 is 37.3 Å². The number of hydrogen-bond donors (Lipinski definition) is 5. The normalized spacial score (nSPS) is 11.0. The molecule has 6 rings (SSSR count). The molecule has 0 aliphatic heterocycles. The quantitative estimate of drug-likeness (QED) is 0.104. The Bertz CT molecular complexity index is 2840. The topological polar surface area (TPSA) is 280 Å². The molecule has 0 atom stereocenters. The Morgan fingerprint density at radius 1 is 0.629 bits per heavy atom. The predicted octanol–water partition coefficient (Wildman–Crippen LogP) is 3.37. The van der Waals surface area contributed by atoms with Crippen molar-refractivity contribution >= 4 is 65.2 Å². The van der Waals surface area contributed by atoms with E-state index in [1.807, 2.05) is 56.2 Å². The highest BCUT2D eigenvalue weighted by Crippen LogP contribution is 2.24. The molecule has 332 valence electrons. The standard InChI is InChI=1S/C21H23N3O5S.C13H13NO4.C8H12N2O2S.CH4/c1-24(2)16-5-8-18-15(12-21(26)29-19(18)13-16)11-20(25)23-10-9-14-3-6-17(7-4-14)30(22,27)28;1-14(2)9-3-4-10-8(5-12(15)16)6-13(17)18-11(10)7-9;9-6-5-7-1-3-8(4-2-7)13(10,11)12;/h3-8,12-13H,9-11H2,1-2H3,(H,23,25)(H2,22,27,28);3-4,6-7H,5H2,1-2H3,(H,15,16);1-4H,5-6,9H2,(H2,10,11,12);1H4. The highest BCUT2D eigenvalue weighted by Gasteiger charge is 2.13. The Balaban J connectivity index is 0.000000272. The molecule has 6 aromatic rings. The number of nitrogens with zero attached hydrogens (tertiary/aromatic N) is 2. The molecule has 0 spiro atoms. The lowest BCUT2D eigenvalue weighted by atomic mass is 10.1. The summed E-state index contributed by atoms with van der Waals surface area (Å²) in [5, 5.41) is 23.0. The van der Waals surface area contributed by atoms with Gasteiger partial charge in [0.2, 0.25) is 26.0 Å². The van der Waals surface area contributed by atoms with Crippen molar-refractivity contribution in [1.29, 1.82) is 0 Å². The number of carbonyl (C=O) groups is 2. The van der Waals surface area contributed by atoms with Crippen LogP contribution in [0.25, 0.3) is 21.9 Å². The van der Waals surface area contributed by atoms with E-state index in [1.165, 1.54) is 36.4 Å². The second-order valence-corrected chi connectivity index (χ2v) is 17.2. The molecule has 2 heterocycles. The van der Waals surface area contributed by atoms with Gasteiger partial charge in [-0.15, -0.1) is 0 Å². The maximum atomic E-state index is 12.4. The van der Waals surface area contributed by atoms with Crippen molar-refractivity contribution in [1.82, 2.24) is 5.32 Å². The lowest BCUT2D eigenvalue weighted by Gasteiger charge is -2.13. The number of sulfonamides is 2. The predicted molar refractivity (Wildman–Crippen MR) is 240 cm³/mol. The molecule has 0 saturated carbocycles. The molecule has 0 fully saturated rings. The Morgan fingerprint density at radius 3 is 1.40 bits per heavy atom. The number of nitrogens with two attached hydrogens (primary N) is 3. The molecular formula is C43H52N6O11S2. The van der Waals surface area contributed by atoms with Crippen LogP contribution in [0.3, 0.4) is 0 Å². The van der Waals surface area contributed by atoms with E-state index >= 15 is 0 Å². The Hall–Kier alpha value is -6.38. The van der Waals surface area contributed by atoms with Gasteiger partial charge < -0.3 is 34.8 Å². The van der Waals surface area contributed by atoms with E-state index in [4.69, 9.17) is 30.0 Å². The fourth-order valence-electron chi connectivity index (χ4n) is 5.89. The van der Waals surface area contributed by atoms with Crippen LogP contribution in [0.5, 0.6) is 0 Å². The highest BCUT2D eigenvalue weighted by atomic mass is 32.2. The number of primary sulfonamides is 2. The summed E-state index contributed by atoms with van der Waals surface area (Å²) in [5.41, 5.74) is 9.87. The van der Waals surface area contributed by atoms with Gasteiger partial charge in [-0.2, -0.15) is 0 Å². The summed E-state index contributed by atoms with van der Waals surface area (Å²) in [5.74, 6) is -1.20. The van der Waals surface area contributed by atoms with Crippen molar-refractivity contribution in [3.8, 4) is 0 Å². The molecule has 17 nitrogen and oxygen atoms in total. The first-order chi connectivity index (χ1) is 28.6. The SMILES string of the molecule is C.CN(C)c1ccc2c(CC(=O)NCCc3ccc(S(N)(=O)=O)cc3)cc(=O)oc2c1.CN(C)c1ccc2c(CC(=O)O)cc(=O)oc2c1.NCCc1ccc(S(N)(=O)=O)cc1. The van der Waals surface area contributed by atoms with Crippen LogP contribution < -0.4 is 42.4 Å². The maximum Gasteiger partial charge on any atom is 0.336 e. The number of carboxylic acid groups (broad SMARTS) is 1. The van der Waals surface area contributed by atoms with Crippen LogP contribution >= 0.6 is 0 Å². The van der Waals surface area contributed by atoms with E-state index in [1.54, 1.807) is 42.5 Å². The molecule has 0 saturated heterocycles. The summed E-state index contributed by atoms with van der Waals surface area (Å²) < 4.78 is 54.7. The van der Waals surface area contributed by atoms with E-state index in [0.717, 1.165) is 28.9 Å². The smallest absolute Gasteiger partial charge is 0.336 e. The van der Waals surface area contributed by atoms with Crippen LogP contribution in [0, 0.1) is 0 Å². The van der Waals surface area contributed by atoms with Crippen molar-refractivity contribution in [2.75, 3.05) is 51.1 Å². The Kier molecular flexibility index (Phi) is 17.7. The van der Waals surface area contributed by atoms with Gasteiger partial charge in [0.15, 0.2) is 0 Å². The summed E-state index contributed by atoms with van der Waals surface area (Å²) in [7, 11) is 0.238. The molecule has 1 amide bonds. The molecule has 8 N–H and O–H groups in total. The third-order valence-corrected chi connectivity index (χ3v) is 10.9. The first-order valence-corrected chi connectivity index (χ1v) is 21.6. The van der Waals surface area contributed by atoms with Crippen LogP contribution in [0.1, 0.15) is 29.7 Å². The van der Waals surface area contributed by atoms with E-state index in [0.29, 0.717) is 52.6 Å². The minimum Gasteiger partial charge on any atom is -0.481 e. The summed E-state index contributed by atoms with van der Waals surface area (Å²) >= 11 is 0. The number of nitrogens with one attached hydrogen (secondary N) is 1. The number of amides is 1. The maximum absolute atomic E-state index is 12.4. The fraction of sp³-hybridized carbons (Fsp3) is 0.256. The zero-order chi connectivity index (χ0) is 45.1. The Labute approximate surface area is 359 Å². The van der Waals surface area contributed by atoms with Crippen molar-refractivity contribution < 1.29 is 40.4 Å². The van der Waals surface area contributed by atoms with Gasteiger partial charge in [0.1, 0.15) is 11.2 Å². The fourth-order valence-corrected chi connectivity index (χ4v) is 6.92. The summed E-state index contributed by atoms with van der Waals surface area (Å²) in [4.78, 5) is 50.4. The number of aliphatic carboxylic acids is 1. The van der Waals surface area contributed by atoms with Gasteiger partial charge in [-0.3, -0.25) is 9.59 Å². The average Bonchev–Trinajstić information content (AvgIpc) is 3.17. The van der Waals surface area contributed by atoms with Crippen molar-refractivity contribution in [3.05, 3.63) is 140 Å². The molecule has 62 heavy (non-hydrogen) atoms. The monoisotopic (exact) mass is 892 g/mol. The van der Waals surface area contributed by atoms with Crippen LogP contribution in [-0.4, -0.2) is 75.1 Å². The van der Waals surface area contributed by atoms with Crippen molar-refractivity contribution in [2.45, 2.75) is 42.9 Å². The van der Waals surface area contributed by atoms with Crippen molar-refractivity contribution in [3.63, 3.8) is 0 Å². The lowest BCUT2D eigenvalue weighted by molar-refractivity contribution is -0.136. The molecule has 0 unspecified atom stereocenters. The van der Waals surface area contributed by atoms with E-state index in [-0.39, 0.29) is 36.0 Å². The van der Waals surface area contributed by atoms with Crippen LogP contribution in [0.15, 0.2) is 125 Å². The van der Waals surface area contributed by atoms with Gasteiger partial charge in [-0.05, 0) is 90.2 Å². The van der Waals surface area contributed by atoms with E-state index in [9.17, 15) is 36.0 Å². The second kappa shape index (κ2) is 21.9. The van der Waals surface area contributed by atoms with Gasteiger partial charge in [-0.1, -0.05) is 31.7 Å². The minimum absolute atomic E-state index is 0. The summed E-state index contributed by atoms with van der Waals surface area (Å²) in [6.45, 7) is 0.923. The number of hydrogen-bond acceptors (Lipinski definition) is 13. The largest absolute Gasteiger partial charge is 0.481 e. The lowest BCUT2D eigenvalue weighted by Crippen LogP contribution is -2.27. The molecule has 0 aliphatic carbocycles. The number of carboxylic acids is 1. The molecule has 0 aliphatic rings. The van der Waals surface area contributed by atoms with Crippen LogP contribution in [0.2, 0.25) is 0 Å². The molecule has 19 heteroatoms. The molecule has 4 aromatic carbocycles. The van der Waals surface area contributed by atoms with Crippen LogP contribution in [-0.2, 0) is 55.3 Å². The summed E-state index contributed by atoms with van der Waals surface area (Å²) in [6, 6.07) is 26.0. The number of carbonyl (C=O) groups excluding carboxylic acids is 1. The summed E-state index contributed by atoms with van der Waals surface area (Å²) in [6.07, 6.45) is 1.13. The third kappa shape index (κ3) is 14.7.